The number of ketones is 2. The van der Waals surface area contributed by atoms with Crippen LogP contribution in [0.1, 0.15) is 65.2 Å². The van der Waals surface area contributed by atoms with Crippen LogP contribution in [-0.2, 0) is 9.59 Å². The minimum Gasteiger partial charge on any atom is -0.393 e. The van der Waals surface area contributed by atoms with Crippen molar-refractivity contribution in [2.75, 3.05) is 6.61 Å². The highest BCUT2D eigenvalue weighted by molar-refractivity contribution is 5.92. The van der Waals surface area contributed by atoms with Gasteiger partial charge in [-0.15, -0.1) is 0 Å². The molecule has 2 N–H and O–H groups in total. The van der Waals surface area contributed by atoms with E-state index in [2.05, 4.69) is 0 Å². The highest BCUT2D eigenvalue weighted by Gasteiger charge is 2.72. The summed E-state index contributed by atoms with van der Waals surface area (Å²) in [5.74, 6) is -1.11. The molecule has 26 heavy (non-hydrogen) atoms. The summed E-state index contributed by atoms with van der Waals surface area (Å²) in [7, 11) is 0. The summed E-state index contributed by atoms with van der Waals surface area (Å²) < 4.78 is 16.7. The minimum atomic E-state index is -1.84. The van der Waals surface area contributed by atoms with Crippen molar-refractivity contribution in [2.45, 2.75) is 77.0 Å². The second-order valence-electron chi connectivity index (χ2n) is 9.90. The second kappa shape index (κ2) is 5.84. The largest absolute Gasteiger partial charge is 0.393 e. The second-order valence-corrected chi connectivity index (χ2v) is 9.90. The Morgan fingerprint density at radius 2 is 1.85 bits per heavy atom. The number of aliphatic hydroxyl groups is 2. The lowest BCUT2D eigenvalue weighted by Gasteiger charge is -2.62. The van der Waals surface area contributed by atoms with E-state index in [1.165, 1.54) is 0 Å². The molecule has 0 aromatic carbocycles. The van der Waals surface area contributed by atoms with Gasteiger partial charge in [-0.05, 0) is 62.2 Å². The number of hydrogen-bond acceptors (Lipinski definition) is 4. The van der Waals surface area contributed by atoms with Gasteiger partial charge in [0.1, 0.15) is 6.61 Å². The van der Waals surface area contributed by atoms with Gasteiger partial charge in [0.2, 0.25) is 0 Å². The van der Waals surface area contributed by atoms with Crippen LogP contribution in [-0.4, -0.2) is 40.2 Å². The van der Waals surface area contributed by atoms with Crippen LogP contribution in [0.15, 0.2) is 0 Å². The Hall–Kier alpha value is -0.810. The number of aliphatic hydroxyl groups excluding tert-OH is 2. The van der Waals surface area contributed by atoms with Gasteiger partial charge < -0.3 is 10.2 Å². The smallest absolute Gasteiger partial charge is 0.177 e. The molecule has 0 amide bonds. The summed E-state index contributed by atoms with van der Waals surface area (Å²) in [6.07, 6.45) is 4.36. The molecule has 5 heteroatoms. The maximum absolute atomic E-state index is 16.7. The molecule has 4 saturated carbocycles. The van der Waals surface area contributed by atoms with Gasteiger partial charge in [0.25, 0.3) is 0 Å². The molecule has 4 nitrogen and oxygen atoms in total. The van der Waals surface area contributed by atoms with Crippen LogP contribution >= 0.6 is 0 Å². The highest BCUT2D eigenvalue weighted by Crippen LogP contribution is 2.69. The molecular formula is C21H31FO4. The van der Waals surface area contributed by atoms with Gasteiger partial charge in [0.15, 0.2) is 17.2 Å². The first-order valence-electron chi connectivity index (χ1n) is 10.2. The summed E-state index contributed by atoms with van der Waals surface area (Å²) in [6, 6.07) is 0. The molecule has 0 spiro atoms. The number of alkyl halides is 1. The maximum atomic E-state index is 16.7. The maximum Gasteiger partial charge on any atom is 0.177 e. The average molecular weight is 366 g/mol. The summed E-state index contributed by atoms with van der Waals surface area (Å²) in [6.45, 7) is 3.41. The fraction of sp³-hybridized carbons (Fsp3) is 0.905. The van der Waals surface area contributed by atoms with E-state index in [1.807, 2.05) is 13.8 Å². The molecule has 4 rings (SSSR count). The van der Waals surface area contributed by atoms with Gasteiger partial charge in [-0.25, -0.2) is 4.39 Å². The van der Waals surface area contributed by atoms with E-state index >= 15 is 4.39 Å². The summed E-state index contributed by atoms with van der Waals surface area (Å²) >= 11 is 0. The molecule has 0 radical (unpaired) electrons. The van der Waals surface area contributed by atoms with E-state index in [1.54, 1.807) is 0 Å². The molecule has 4 aliphatic rings. The lowest BCUT2D eigenvalue weighted by Crippen LogP contribution is -2.67. The average Bonchev–Trinajstić information content (AvgIpc) is 2.93. The molecule has 146 valence electrons. The molecule has 0 saturated heterocycles. The van der Waals surface area contributed by atoms with Crippen LogP contribution in [0.2, 0.25) is 0 Å². The molecule has 0 aromatic heterocycles. The monoisotopic (exact) mass is 366 g/mol. The number of rotatable bonds is 2. The number of halogens is 1. The molecular weight excluding hydrogens is 335 g/mol. The van der Waals surface area contributed by atoms with Crippen molar-refractivity contribution in [3.8, 4) is 0 Å². The number of fused-ring (bicyclic) bond motifs is 5. The van der Waals surface area contributed by atoms with Crippen molar-refractivity contribution in [3.05, 3.63) is 0 Å². The number of carbonyl (C=O) groups excluding carboxylic acids is 2. The molecule has 0 unspecified atom stereocenters. The molecule has 4 fully saturated rings. The lowest BCUT2D eigenvalue weighted by molar-refractivity contribution is -0.201. The van der Waals surface area contributed by atoms with Crippen LogP contribution in [0, 0.1) is 34.5 Å². The molecule has 8 atom stereocenters. The Morgan fingerprint density at radius 3 is 2.54 bits per heavy atom. The Morgan fingerprint density at radius 1 is 1.15 bits per heavy atom. The van der Waals surface area contributed by atoms with Crippen LogP contribution in [0.25, 0.3) is 0 Å². The van der Waals surface area contributed by atoms with E-state index in [-0.39, 0.29) is 47.8 Å². The zero-order valence-corrected chi connectivity index (χ0v) is 15.8. The van der Waals surface area contributed by atoms with Gasteiger partial charge >= 0.3 is 0 Å². The first-order valence-corrected chi connectivity index (χ1v) is 10.2. The van der Waals surface area contributed by atoms with E-state index in [9.17, 15) is 19.8 Å². The summed E-state index contributed by atoms with van der Waals surface area (Å²) in [5.41, 5.74) is -3.06. The van der Waals surface area contributed by atoms with Gasteiger partial charge in [0, 0.05) is 23.7 Å². The Kier molecular flexibility index (Phi) is 4.17. The van der Waals surface area contributed by atoms with Crippen LogP contribution < -0.4 is 0 Å². The van der Waals surface area contributed by atoms with Gasteiger partial charge in [-0.3, -0.25) is 9.59 Å². The normalized spacial score (nSPS) is 53.6. The predicted molar refractivity (Wildman–Crippen MR) is 94.1 cm³/mol. The molecule has 0 heterocycles. The van der Waals surface area contributed by atoms with E-state index in [0.29, 0.717) is 32.1 Å². The van der Waals surface area contributed by atoms with E-state index in [0.717, 1.165) is 12.8 Å². The van der Waals surface area contributed by atoms with Crippen LogP contribution in [0.3, 0.4) is 0 Å². The number of Topliss-reactive ketones (excluding diaryl/α,β-unsaturated/α-hetero) is 2. The fourth-order valence-corrected chi connectivity index (χ4v) is 7.59. The van der Waals surface area contributed by atoms with Crippen molar-refractivity contribution in [2.24, 2.45) is 34.5 Å². The third kappa shape index (κ3) is 2.13. The first kappa shape index (κ1) is 18.5. The van der Waals surface area contributed by atoms with Crippen LogP contribution in [0.4, 0.5) is 4.39 Å². The number of carbonyl (C=O) groups is 2. The van der Waals surface area contributed by atoms with Crippen molar-refractivity contribution in [1.82, 2.24) is 0 Å². The van der Waals surface area contributed by atoms with E-state index < -0.39 is 23.1 Å². The molecule has 0 aromatic rings. The Balaban J connectivity index is 1.73. The van der Waals surface area contributed by atoms with E-state index in [4.69, 9.17) is 0 Å². The lowest BCUT2D eigenvalue weighted by atomic mass is 9.42. The van der Waals surface area contributed by atoms with Crippen molar-refractivity contribution in [3.63, 3.8) is 0 Å². The third-order valence-corrected chi connectivity index (χ3v) is 9.01. The molecule has 0 aliphatic heterocycles. The zero-order valence-electron chi connectivity index (χ0n) is 15.8. The first-order chi connectivity index (χ1) is 12.2. The molecule has 0 bridgehead atoms. The van der Waals surface area contributed by atoms with Crippen molar-refractivity contribution in [1.29, 1.82) is 0 Å². The Labute approximate surface area is 154 Å². The third-order valence-electron chi connectivity index (χ3n) is 9.01. The molecule has 4 aliphatic carbocycles. The Bertz CT molecular complexity index is 636. The van der Waals surface area contributed by atoms with Crippen molar-refractivity contribution < 1.29 is 24.2 Å². The zero-order chi connectivity index (χ0) is 18.9. The fourth-order valence-electron chi connectivity index (χ4n) is 7.59. The SMILES string of the molecule is C[C@]12CC(=O)[C@@]3(F)[C@@H](CC[C@H]4C[C@H](O)CC[C@@]43C)[C@@H]1CC[C@@H]2C(=O)CO. The number of hydrogen-bond donors (Lipinski definition) is 2. The highest BCUT2D eigenvalue weighted by atomic mass is 19.1. The van der Waals surface area contributed by atoms with Gasteiger partial charge in [-0.2, -0.15) is 0 Å². The van der Waals surface area contributed by atoms with Crippen LogP contribution in [0.5, 0.6) is 0 Å². The predicted octanol–water partition coefficient (Wildman–Crippen LogP) is 2.84. The van der Waals surface area contributed by atoms with Gasteiger partial charge in [0.05, 0.1) is 6.10 Å². The standard InChI is InChI=1S/C21H31FO4/c1-19-10-18(26)21(22)15(14(19)5-6-16(19)17(25)11-23)4-3-12-9-13(24)7-8-20(12,21)2/h12-16,23-24H,3-11H2,1-2H3/t12-,13+,14-,15-,16+,19-,20-,21-/m0/s1. The minimum absolute atomic E-state index is 0.0234. The quantitative estimate of drug-likeness (QED) is 0.788. The van der Waals surface area contributed by atoms with Gasteiger partial charge in [-0.1, -0.05) is 13.8 Å². The topological polar surface area (TPSA) is 74.6 Å². The van der Waals surface area contributed by atoms with Crippen molar-refractivity contribution >= 4 is 11.6 Å². The summed E-state index contributed by atoms with van der Waals surface area (Å²) in [5, 5.41) is 19.4. The summed E-state index contributed by atoms with van der Waals surface area (Å²) in [4.78, 5) is 25.5.